The maximum atomic E-state index is 11.5. The average molecular weight is 216 g/mol. The van der Waals surface area contributed by atoms with Gasteiger partial charge in [-0.25, -0.2) is 4.79 Å². The number of nitrogens with one attached hydrogen (secondary N) is 1. The molecule has 0 unspecified atom stereocenters. The van der Waals surface area contributed by atoms with Crippen LogP contribution in [0, 0.1) is 6.92 Å². The Morgan fingerprint density at radius 2 is 1.94 bits per heavy atom. The van der Waals surface area contributed by atoms with E-state index in [9.17, 15) is 9.59 Å². The molecule has 1 N–H and O–H groups in total. The Balaban J connectivity index is 2.38. The fourth-order valence-corrected chi connectivity index (χ4v) is 1.54. The van der Waals surface area contributed by atoms with E-state index in [0.717, 1.165) is 11.1 Å². The third-order valence-electron chi connectivity index (χ3n) is 2.50. The molecule has 0 atom stereocenters. The largest absolute Gasteiger partial charge is 0.328 e. The number of aromatic amines is 1. The lowest BCUT2D eigenvalue weighted by Crippen LogP contribution is -2.29. The van der Waals surface area contributed by atoms with Gasteiger partial charge in [0, 0.05) is 12.3 Å². The molecule has 2 rings (SSSR count). The maximum absolute atomic E-state index is 11.5. The van der Waals surface area contributed by atoms with Gasteiger partial charge in [0.15, 0.2) is 0 Å². The molecule has 1 aromatic carbocycles. The summed E-state index contributed by atoms with van der Waals surface area (Å²) in [6.45, 7) is 2.47. The molecule has 82 valence electrons. The van der Waals surface area contributed by atoms with Gasteiger partial charge < -0.3 is 0 Å². The first kappa shape index (κ1) is 10.4. The molecule has 0 fully saturated rings. The van der Waals surface area contributed by atoms with E-state index >= 15 is 0 Å². The molecule has 4 heteroatoms. The molecule has 0 spiro atoms. The van der Waals surface area contributed by atoms with Gasteiger partial charge in [-0.05, 0) is 18.1 Å². The minimum atomic E-state index is -0.379. The van der Waals surface area contributed by atoms with Crippen LogP contribution in [0.1, 0.15) is 11.1 Å². The van der Waals surface area contributed by atoms with Gasteiger partial charge in [-0.15, -0.1) is 0 Å². The van der Waals surface area contributed by atoms with Crippen LogP contribution in [0.4, 0.5) is 0 Å². The number of H-pyrrole nitrogens is 1. The monoisotopic (exact) mass is 216 g/mol. The quantitative estimate of drug-likeness (QED) is 0.810. The van der Waals surface area contributed by atoms with Gasteiger partial charge in [0.2, 0.25) is 0 Å². The zero-order valence-corrected chi connectivity index (χ0v) is 8.93. The number of aryl methyl sites for hydroxylation is 1. The van der Waals surface area contributed by atoms with Crippen molar-refractivity contribution in [3.63, 3.8) is 0 Å². The van der Waals surface area contributed by atoms with Crippen molar-refractivity contribution in [2.24, 2.45) is 0 Å². The van der Waals surface area contributed by atoms with Crippen molar-refractivity contribution in [1.29, 1.82) is 0 Å². The standard InChI is InChI=1S/C12H12N2O2/c1-9-4-2-3-5-10(9)8-14-7-6-11(15)13-12(14)16/h2-7H,8H2,1H3,(H,13,15,16). The molecular weight excluding hydrogens is 204 g/mol. The molecule has 0 saturated carbocycles. The first-order valence-electron chi connectivity index (χ1n) is 5.01. The Labute approximate surface area is 92.2 Å². The van der Waals surface area contributed by atoms with E-state index < -0.39 is 0 Å². The van der Waals surface area contributed by atoms with Crippen LogP contribution in [0.2, 0.25) is 0 Å². The van der Waals surface area contributed by atoms with E-state index in [-0.39, 0.29) is 11.2 Å². The lowest BCUT2D eigenvalue weighted by molar-refractivity contribution is 0.717. The number of benzene rings is 1. The summed E-state index contributed by atoms with van der Waals surface area (Å²) in [6.07, 6.45) is 1.51. The minimum absolute atomic E-state index is 0.369. The normalized spacial score (nSPS) is 10.3. The first-order chi connectivity index (χ1) is 7.66. The molecule has 0 aliphatic heterocycles. The molecular formula is C12H12N2O2. The van der Waals surface area contributed by atoms with Gasteiger partial charge in [0.1, 0.15) is 0 Å². The van der Waals surface area contributed by atoms with Crippen LogP contribution >= 0.6 is 0 Å². The smallest absolute Gasteiger partial charge is 0.296 e. The van der Waals surface area contributed by atoms with Gasteiger partial charge in [0.25, 0.3) is 5.56 Å². The Morgan fingerprint density at radius 3 is 2.62 bits per heavy atom. The number of hydrogen-bond acceptors (Lipinski definition) is 2. The summed E-state index contributed by atoms with van der Waals surface area (Å²) in [5.74, 6) is 0. The first-order valence-corrected chi connectivity index (χ1v) is 5.01. The molecule has 4 nitrogen and oxygen atoms in total. The van der Waals surface area contributed by atoms with Crippen molar-refractivity contribution in [3.05, 3.63) is 68.5 Å². The Kier molecular flexibility index (Phi) is 2.72. The summed E-state index contributed by atoms with van der Waals surface area (Å²) >= 11 is 0. The van der Waals surface area contributed by atoms with Gasteiger partial charge in [0.05, 0.1) is 6.54 Å². The lowest BCUT2D eigenvalue weighted by Gasteiger charge is -2.07. The van der Waals surface area contributed by atoms with Crippen molar-refractivity contribution < 1.29 is 0 Å². The summed E-state index contributed by atoms with van der Waals surface area (Å²) in [4.78, 5) is 24.6. The highest BCUT2D eigenvalue weighted by atomic mass is 16.2. The second-order valence-electron chi connectivity index (χ2n) is 3.66. The molecule has 2 aromatic rings. The van der Waals surface area contributed by atoms with E-state index in [1.807, 2.05) is 31.2 Å². The molecule has 0 saturated heterocycles. The zero-order chi connectivity index (χ0) is 11.5. The van der Waals surface area contributed by atoms with Crippen LogP contribution in [0.3, 0.4) is 0 Å². The summed E-state index contributed by atoms with van der Waals surface area (Å²) in [7, 11) is 0. The number of hydrogen-bond donors (Lipinski definition) is 1. The van der Waals surface area contributed by atoms with Crippen LogP contribution in [0.5, 0.6) is 0 Å². The van der Waals surface area contributed by atoms with Crippen LogP contribution in [-0.2, 0) is 6.54 Å². The van der Waals surface area contributed by atoms with E-state index in [1.54, 1.807) is 0 Å². The van der Waals surface area contributed by atoms with Crippen molar-refractivity contribution >= 4 is 0 Å². The molecule has 0 aliphatic rings. The zero-order valence-electron chi connectivity index (χ0n) is 8.93. The Morgan fingerprint density at radius 1 is 1.19 bits per heavy atom. The second kappa shape index (κ2) is 4.18. The predicted molar refractivity (Wildman–Crippen MR) is 61.6 cm³/mol. The highest BCUT2D eigenvalue weighted by Crippen LogP contribution is 2.07. The van der Waals surface area contributed by atoms with Crippen LogP contribution in [-0.4, -0.2) is 9.55 Å². The molecule has 0 bridgehead atoms. The summed E-state index contributed by atoms with van der Waals surface area (Å²) < 4.78 is 1.48. The van der Waals surface area contributed by atoms with E-state index in [4.69, 9.17) is 0 Å². The molecule has 0 radical (unpaired) electrons. The Hall–Kier alpha value is -2.10. The third kappa shape index (κ3) is 2.11. The molecule has 1 heterocycles. The Bertz CT molecular complexity index is 611. The van der Waals surface area contributed by atoms with E-state index in [1.165, 1.54) is 16.8 Å². The summed E-state index contributed by atoms with van der Waals surface area (Å²) in [6, 6.07) is 9.19. The van der Waals surface area contributed by atoms with Gasteiger partial charge in [-0.3, -0.25) is 14.3 Å². The van der Waals surface area contributed by atoms with Crippen molar-refractivity contribution in [2.75, 3.05) is 0 Å². The van der Waals surface area contributed by atoms with Crippen LogP contribution in [0.25, 0.3) is 0 Å². The number of nitrogens with zero attached hydrogens (tertiary/aromatic N) is 1. The molecule has 0 aliphatic carbocycles. The van der Waals surface area contributed by atoms with Gasteiger partial charge in [-0.2, -0.15) is 0 Å². The summed E-state index contributed by atoms with van der Waals surface area (Å²) in [5, 5.41) is 0. The molecule has 1 aromatic heterocycles. The van der Waals surface area contributed by atoms with Crippen LogP contribution in [0.15, 0.2) is 46.1 Å². The highest BCUT2D eigenvalue weighted by molar-refractivity contribution is 5.25. The van der Waals surface area contributed by atoms with Crippen molar-refractivity contribution in [1.82, 2.24) is 9.55 Å². The maximum Gasteiger partial charge on any atom is 0.328 e. The van der Waals surface area contributed by atoms with Crippen molar-refractivity contribution in [2.45, 2.75) is 13.5 Å². The van der Waals surface area contributed by atoms with Crippen LogP contribution < -0.4 is 11.2 Å². The average Bonchev–Trinajstić information content (AvgIpc) is 2.25. The molecule has 0 amide bonds. The van der Waals surface area contributed by atoms with Gasteiger partial charge in [-0.1, -0.05) is 24.3 Å². The van der Waals surface area contributed by atoms with Crippen molar-refractivity contribution in [3.8, 4) is 0 Å². The minimum Gasteiger partial charge on any atom is -0.296 e. The van der Waals surface area contributed by atoms with E-state index in [2.05, 4.69) is 4.98 Å². The SMILES string of the molecule is Cc1ccccc1Cn1ccc(=O)[nH]c1=O. The third-order valence-corrected chi connectivity index (χ3v) is 2.50. The summed E-state index contributed by atoms with van der Waals surface area (Å²) in [5.41, 5.74) is 1.44. The fraction of sp³-hybridized carbons (Fsp3) is 0.167. The topological polar surface area (TPSA) is 54.9 Å². The lowest BCUT2D eigenvalue weighted by atomic mass is 10.1. The molecule has 16 heavy (non-hydrogen) atoms. The predicted octanol–water partition coefficient (Wildman–Crippen LogP) is 0.893. The van der Waals surface area contributed by atoms with E-state index in [0.29, 0.717) is 6.54 Å². The number of rotatable bonds is 2. The fourth-order valence-electron chi connectivity index (χ4n) is 1.54. The highest BCUT2D eigenvalue weighted by Gasteiger charge is 2.00. The second-order valence-corrected chi connectivity index (χ2v) is 3.66. The van der Waals surface area contributed by atoms with Gasteiger partial charge >= 0.3 is 5.69 Å². The number of aromatic nitrogens is 2.